The van der Waals surface area contributed by atoms with Crippen molar-refractivity contribution in [3.05, 3.63) is 16.1 Å². The van der Waals surface area contributed by atoms with Gasteiger partial charge in [-0.05, 0) is 32.3 Å². The van der Waals surface area contributed by atoms with Crippen molar-refractivity contribution < 1.29 is 9.53 Å². The normalized spacial score (nSPS) is 18.9. The van der Waals surface area contributed by atoms with Crippen molar-refractivity contribution in [3.63, 3.8) is 0 Å². The molecule has 3 rings (SSSR count). The second-order valence-corrected chi connectivity index (χ2v) is 6.32. The van der Waals surface area contributed by atoms with Gasteiger partial charge in [-0.1, -0.05) is 0 Å². The van der Waals surface area contributed by atoms with Crippen molar-refractivity contribution in [3.8, 4) is 0 Å². The van der Waals surface area contributed by atoms with E-state index >= 15 is 0 Å². The van der Waals surface area contributed by atoms with E-state index in [-0.39, 0.29) is 11.9 Å². The van der Waals surface area contributed by atoms with E-state index < -0.39 is 0 Å². The molecule has 2 aromatic rings. The van der Waals surface area contributed by atoms with Gasteiger partial charge in [-0.3, -0.25) is 4.79 Å². The van der Waals surface area contributed by atoms with Crippen LogP contribution in [0.2, 0.25) is 0 Å². The number of aromatic nitrogens is 2. The zero-order chi connectivity index (χ0) is 15.0. The lowest BCUT2D eigenvalue weighted by atomic mass is 10.1. The number of carbonyl (C=O) groups excluding carboxylic acids is 1. The zero-order valence-electron chi connectivity index (χ0n) is 12.1. The number of nitrogen functional groups attached to an aromatic ring is 1. The molecule has 0 bridgehead atoms. The van der Waals surface area contributed by atoms with E-state index in [0.29, 0.717) is 22.0 Å². The molecular weight excluding hydrogens is 288 g/mol. The summed E-state index contributed by atoms with van der Waals surface area (Å²) < 4.78 is 5.38. The largest absolute Gasteiger partial charge is 0.397 e. The summed E-state index contributed by atoms with van der Waals surface area (Å²) in [5.41, 5.74) is 8.48. The molecule has 7 heteroatoms. The number of carbonyl (C=O) groups is 1. The third-order valence-corrected chi connectivity index (χ3v) is 4.93. The number of aryl methyl sites for hydroxylation is 2. The smallest absolute Gasteiger partial charge is 0.263 e. The molecule has 0 aliphatic carbocycles. The number of amides is 1. The number of nitrogens with two attached hydrogens (primary N) is 1. The van der Waals surface area contributed by atoms with Crippen LogP contribution in [0.3, 0.4) is 0 Å². The quantitative estimate of drug-likeness (QED) is 0.883. The number of hydrogen-bond donors (Lipinski definition) is 2. The van der Waals surface area contributed by atoms with Crippen LogP contribution < -0.4 is 11.1 Å². The van der Waals surface area contributed by atoms with Gasteiger partial charge < -0.3 is 15.8 Å². The molecule has 6 nitrogen and oxygen atoms in total. The number of nitrogens with one attached hydrogen (secondary N) is 1. The molecule has 3 N–H and O–H groups in total. The van der Waals surface area contributed by atoms with Crippen LogP contribution in [0.15, 0.2) is 0 Å². The number of nitrogens with zero attached hydrogens (tertiary/aromatic N) is 2. The highest BCUT2D eigenvalue weighted by atomic mass is 32.1. The summed E-state index contributed by atoms with van der Waals surface area (Å²) in [5, 5.41) is 12.1. The van der Waals surface area contributed by atoms with E-state index in [0.717, 1.165) is 36.1 Å². The van der Waals surface area contributed by atoms with Gasteiger partial charge in [0.1, 0.15) is 9.71 Å². The van der Waals surface area contributed by atoms with E-state index in [4.69, 9.17) is 10.5 Å². The molecule has 1 saturated heterocycles. The van der Waals surface area contributed by atoms with E-state index in [1.165, 1.54) is 11.3 Å². The van der Waals surface area contributed by atoms with Crippen LogP contribution in [0.25, 0.3) is 10.2 Å². The van der Waals surface area contributed by atoms with E-state index in [9.17, 15) is 4.79 Å². The summed E-state index contributed by atoms with van der Waals surface area (Å²) in [6, 6.07) is 0.0600. The average Bonchev–Trinajstić information content (AvgIpc) is 2.82. The Morgan fingerprint density at radius 3 is 2.95 bits per heavy atom. The molecule has 2 aromatic heterocycles. The zero-order valence-corrected chi connectivity index (χ0v) is 12.9. The molecule has 1 fully saturated rings. The maximum Gasteiger partial charge on any atom is 0.263 e. The van der Waals surface area contributed by atoms with Crippen LogP contribution in [-0.4, -0.2) is 35.4 Å². The van der Waals surface area contributed by atoms with Crippen molar-refractivity contribution in [2.45, 2.75) is 32.7 Å². The number of thiophene rings is 1. The summed E-state index contributed by atoms with van der Waals surface area (Å²) in [6.45, 7) is 5.17. The van der Waals surface area contributed by atoms with Crippen molar-refractivity contribution in [2.75, 3.05) is 18.9 Å². The molecule has 0 aromatic carbocycles. The fourth-order valence-corrected chi connectivity index (χ4v) is 3.52. The van der Waals surface area contributed by atoms with Crippen LogP contribution in [0.1, 0.15) is 33.8 Å². The lowest BCUT2D eigenvalue weighted by Gasteiger charge is -2.22. The van der Waals surface area contributed by atoms with Crippen LogP contribution in [0.4, 0.5) is 5.69 Å². The Morgan fingerprint density at radius 2 is 2.24 bits per heavy atom. The molecule has 112 valence electrons. The highest BCUT2D eigenvalue weighted by molar-refractivity contribution is 7.21. The third kappa shape index (κ3) is 2.58. The van der Waals surface area contributed by atoms with Crippen LogP contribution in [-0.2, 0) is 4.74 Å². The molecule has 1 unspecified atom stereocenters. The van der Waals surface area contributed by atoms with Crippen LogP contribution >= 0.6 is 11.3 Å². The lowest BCUT2D eigenvalue weighted by molar-refractivity contribution is 0.0626. The van der Waals surface area contributed by atoms with Crippen LogP contribution in [0.5, 0.6) is 0 Å². The Balaban J connectivity index is 1.91. The Labute approximate surface area is 126 Å². The number of fused-ring (bicyclic) bond motifs is 1. The van der Waals surface area contributed by atoms with Gasteiger partial charge >= 0.3 is 0 Å². The topological polar surface area (TPSA) is 90.1 Å². The minimum atomic E-state index is -0.150. The molecule has 0 saturated carbocycles. The first-order valence-electron chi connectivity index (χ1n) is 6.98. The standard InChI is InChI=1S/C14H18N4O2S/c1-7-8(2)17-18-14-10(7)11(15)12(21-14)13(19)16-9-4-3-5-20-6-9/h9H,3-6,15H2,1-2H3,(H,16,19). The van der Waals surface area contributed by atoms with Crippen LogP contribution in [0, 0.1) is 13.8 Å². The number of ether oxygens (including phenoxy) is 1. The fourth-order valence-electron chi connectivity index (χ4n) is 2.51. The van der Waals surface area contributed by atoms with Crippen molar-refractivity contribution in [2.24, 2.45) is 0 Å². The second-order valence-electron chi connectivity index (χ2n) is 5.32. The maximum atomic E-state index is 12.4. The number of hydrogen-bond acceptors (Lipinski definition) is 6. The van der Waals surface area contributed by atoms with Crippen molar-refractivity contribution in [1.82, 2.24) is 15.5 Å². The Kier molecular flexibility index (Phi) is 3.77. The monoisotopic (exact) mass is 306 g/mol. The first-order chi connectivity index (χ1) is 10.1. The first-order valence-corrected chi connectivity index (χ1v) is 7.80. The SMILES string of the molecule is Cc1nnc2sc(C(=O)NC3CCCOC3)c(N)c2c1C. The molecule has 3 heterocycles. The van der Waals surface area contributed by atoms with Gasteiger partial charge in [0.25, 0.3) is 5.91 Å². The lowest BCUT2D eigenvalue weighted by Crippen LogP contribution is -2.40. The summed E-state index contributed by atoms with van der Waals surface area (Å²) >= 11 is 1.29. The fraction of sp³-hybridized carbons (Fsp3) is 0.500. The molecule has 1 aliphatic heterocycles. The van der Waals surface area contributed by atoms with Gasteiger partial charge in [0.2, 0.25) is 0 Å². The Hall–Kier alpha value is -1.73. The second kappa shape index (κ2) is 5.57. The third-order valence-electron chi connectivity index (χ3n) is 3.84. The minimum absolute atomic E-state index is 0.0600. The summed E-state index contributed by atoms with van der Waals surface area (Å²) in [7, 11) is 0. The van der Waals surface area contributed by atoms with Gasteiger partial charge in [0, 0.05) is 12.0 Å². The van der Waals surface area contributed by atoms with Crippen molar-refractivity contribution in [1.29, 1.82) is 0 Å². The summed E-state index contributed by atoms with van der Waals surface area (Å²) in [6.07, 6.45) is 1.91. The molecule has 0 spiro atoms. The minimum Gasteiger partial charge on any atom is -0.397 e. The number of rotatable bonds is 2. The number of anilines is 1. The predicted molar refractivity (Wildman–Crippen MR) is 82.6 cm³/mol. The Morgan fingerprint density at radius 1 is 1.43 bits per heavy atom. The summed E-state index contributed by atoms with van der Waals surface area (Å²) in [4.78, 5) is 13.6. The maximum absolute atomic E-state index is 12.4. The van der Waals surface area contributed by atoms with Gasteiger partial charge in [0.15, 0.2) is 0 Å². The van der Waals surface area contributed by atoms with Crippen molar-refractivity contribution >= 4 is 33.1 Å². The van der Waals surface area contributed by atoms with Gasteiger partial charge in [-0.15, -0.1) is 16.4 Å². The molecule has 1 amide bonds. The van der Waals surface area contributed by atoms with Gasteiger partial charge in [-0.25, -0.2) is 0 Å². The highest BCUT2D eigenvalue weighted by Crippen LogP contribution is 2.34. The Bertz CT molecular complexity index is 692. The van der Waals surface area contributed by atoms with E-state index in [1.807, 2.05) is 13.8 Å². The van der Waals surface area contributed by atoms with Gasteiger partial charge in [-0.2, -0.15) is 5.10 Å². The predicted octanol–water partition coefficient (Wildman–Crippen LogP) is 1.80. The summed E-state index contributed by atoms with van der Waals surface area (Å²) in [5.74, 6) is -0.150. The first kappa shape index (κ1) is 14.2. The molecule has 1 aliphatic rings. The van der Waals surface area contributed by atoms with E-state index in [2.05, 4.69) is 15.5 Å². The average molecular weight is 306 g/mol. The highest BCUT2D eigenvalue weighted by Gasteiger charge is 2.23. The van der Waals surface area contributed by atoms with Gasteiger partial charge in [0.05, 0.1) is 24.0 Å². The molecular formula is C14H18N4O2S. The van der Waals surface area contributed by atoms with E-state index in [1.54, 1.807) is 0 Å². The molecule has 1 atom stereocenters. The molecule has 21 heavy (non-hydrogen) atoms. The molecule has 0 radical (unpaired) electrons.